The number of ether oxygens (including phenoxy) is 2. The predicted octanol–water partition coefficient (Wildman–Crippen LogP) is 4.92. The third kappa shape index (κ3) is 5.78. The second-order valence-electron chi connectivity index (χ2n) is 6.60. The largest absolute Gasteiger partial charge is 0.389 e. The van der Waals surface area contributed by atoms with Crippen molar-refractivity contribution in [3.63, 3.8) is 0 Å². The molecule has 0 unspecified atom stereocenters. The second kappa shape index (κ2) is 7.82. The molecule has 0 bridgehead atoms. The number of halogens is 3. The quantitative estimate of drug-likeness (QED) is 0.717. The second-order valence-corrected chi connectivity index (χ2v) is 6.60. The molecule has 124 valence electrons. The van der Waals surface area contributed by atoms with Crippen molar-refractivity contribution in [2.45, 2.75) is 70.8 Å². The van der Waals surface area contributed by atoms with E-state index < -0.39 is 12.6 Å². The Hall–Kier alpha value is -0.290. The van der Waals surface area contributed by atoms with Crippen LogP contribution in [0.15, 0.2) is 0 Å². The minimum Gasteiger partial charge on any atom is -0.352 e. The Labute approximate surface area is 125 Å². The van der Waals surface area contributed by atoms with Crippen molar-refractivity contribution < 1.29 is 22.6 Å². The van der Waals surface area contributed by atoms with Crippen molar-refractivity contribution in [2.75, 3.05) is 13.2 Å². The summed E-state index contributed by atoms with van der Waals surface area (Å²) in [6.07, 6.45) is 1.90. The van der Waals surface area contributed by atoms with E-state index in [4.69, 9.17) is 9.47 Å². The molecule has 1 heterocycles. The van der Waals surface area contributed by atoms with Gasteiger partial charge in [-0.1, -0.05) is 26.2 Å². The van der Waals surface area contributed by atoms with Crippen LogP contribution in [0.25, 0.3) is 0 Å². The first-order valence-electron chi connectivity index (χ1n) is 8.28. The molecule has 21 heavy (non-hydrogen) atoms. The summed E-state index contributed by atoms with van der Waals surface area (Å²) in [6, 6.07) is 0. The molecule has 5 heteroatoms. The average molecular weight is 308 g/mol. The van der Waals surface area contributed by atoms with Crippen LogP contribution in [0, 0.1) is 17.8 Å². The Morgan fingerprint density at radius 3 is 2.10 bits per heavy atom. The summed E-state index contributed by atoms with van der Waals surface area (Å²) >= 11 is 0. The van der Waals surface area contributed by atoms with E-state index in [1.807, 2.05) is 0 Å². The highest BCUT2D eigenvalue weighted by Crippen LogP contribution is 2.35. The zero-order valence-electron chi connectivity index (χ0n) is 12.8. The molecule has 0 N–H and O–H groups in total. The molecular formula is C16H27F3O2. The average Bonchev–Trinajstić information content (AvgIpc) is 2.47. The van der Waals surface area contributed by atoms with Gasteiger partial charge in [-0.2, -0.15) is 13.2 Å². The highest BCUT2D eigenvalue weighted by atomic mass is 19.4. The van der Waals surface area contributed by atoms with E-state index in [9.17, 15) is 13.2 Å². The summed E-state index contributed by atoms with van der Waals surface area (Å²) in [4.78, 5) is 0. The molecule has 0 amide bonds. The predicted molar refractivity (Wildman–Crippen MR) is 74.8 cm³/mol. The van der Waals surface area contributed by atoms with Gasteiger partial charge in [0.25, 0.3) is 0 Å². The first-order valence-corrected chi connectivity index (χ1v) is 8.28. The maximum Gasteiger partial charge on any atom is 0.389 e. The standard InChI is InChI=1S/C16H27F3O2/c1-2-12-5-7-14(8-6-12)15-20-10-13(11-21-15)4-3-9-16(17,18)19/h12-15H,2-11H2,1H3/t12-,13-,14-,15-. The molecule has 0 aromatic rings. The Morgan fingerprint density at radius 2 is 1.57 bits per heavy atom. The molecule has 2 nitrogen and oxygen atoms in total. The lowest BCUT2D eigenvalue weighted by Crippen LogP contribution is -2.38. The molecule has 0 aromatic heterocycles. The van der Waals surface area contributed by atoms with Gasteiger partial charge in [0.2, 0.25) is 0 Å². The molecule has 1 saturated carbocycles. The van der Waals surface area contributed by atoms with Gasteiger partial charge in [0.05, 0.1) is 13.2 Å². The van der Waals surface area contributed by atoms with Gasteiger partial charge in [0.15, 0.2) is 6.29 Å². The monoisotopic (exact) mass is 308 g/mol. The van der Waals surface area contributed by atoms with Crippen molar-refractivity contribution in [1.82, 2.24) is 0 Å². The number of hydrogen-bond acceptors (Lipinski definition) is 2. The van der Waals surface area contributed by atoms with E-state index in [1.54, 1.807) is 0 Å². The number of rotatable bonds is 5. The van der Waals surface area contributed by atoms with Crippen LogP contribution in [0.3, 0.4) is 0 Å². The fraction of sp³-hybridized carbons (Fsp3) is 1.00. The van der Waals surface area contributed by atoms with Crippen molar-refractivity contribution >= 4 is 0 Å². The SMILES string of the molecule is CC[C@H]1CC[C@H]([C@H]2OC[C@H](CCCC(F)(F)F)CO2)CC1. The van der Waals surface area contributed by atoms with Crippen LogP contribution < -0.4 is 0 Å². The van der Waals surface area contributed by atoms with Gasteiger partial charge in [0, 0.05) is 18.3 Å². The van der Waals surface area contributed by atoms with Gasteiger partial charge in [-0.05, 0) is 31.6 Å². The molecule has 1 saturated heterocycles. The first kappa shape index (κ1) is 17.1. The van der Waals surface area contributed by atoms with Crippen LogP contribution in [0.2, 0.25) is 0 Å². The Kier molecular flexibility index (Phi) is 6.35. The zero-order valence-corrected chi connectivity index (χ0v) is 12.8. The summed E-state index contributed by atoms with van der Waals surface area (Å²) < 4.78 is 47.9. The van der Waals surface area contributed by atoms with E-state index >= 15 is 0 Å². The van der Waals surface area contributed by atoms with Crippen molar-refractivity contribution in [2.24, 2.45) is 17.8 Å². The lowest BCUT2D eigenvalue weighted by molar-refractivity contribution is -0.230. The molecule has 0 atom stereocenters. The molecule has 0 aromatic carbocycles. The Bertz CT molecular complexity index is 290. The summed E-state index contributed by atoms with van der Waals surface area (Å²) in [5.74, 6) is 1.44. The van der Waals surface area contributed by atoms with E-state index in [-0.39, 0.29) is 18.6 Å². The van der Waals surface area contributed by atoms with Crippen LogP contribution in [0.1, 0.15) is 58.3 Å². The van der Waals surface area contributed by atoms with Crippen LogP contribution in [0.4, 0.5) is 13.2 Å². The molecule has 1 aliphatic carbocycles. The highest BCUT2D eigenvalue weighted by molar-refractivity contribution is 4.76. The third-order valence-corrected chi connectivity index (χ3v) is 4.92. The van der Waals surface area contributed by atoms with Crippen molar-refractivity contribution in [3.05, 3.63) is 0 Å². The zero-order chi connectivity index (χ0) is 15.3. The molecule has 2 rings (SSSR count). The molecule has 1 aliphatic heterocycles. The summed E-state index contributed by atoms with van der Waals surface area (Å²) in [6.45, 7) is 3.34. The lowest BCUT2D eigenvalue weighted by atomic mass is 9.80. The first-order chi connectivity index (χ1) is 9.98. The summed E-state index contributed by atoms with van der Waals surface area (Å²) in [5, 5.41) is 0. The lowest BCUT2D eigenvalue weighted by Gasteiger charge is -2.37. The minimum absolute atomic E-state index is 0.121. The number of alkyl halides is 3. The maximum absolute atomic E-state index is 12.1. The van der Waals surface area contributed by atoms with E-state index in [1.165, 1.54) is 19.3 Å². The van der Waals surface area contributed by atoms with Gasteiger partial charge >= 0.3 is 6.18 Å². The van der Waals surface area contributed by atoms with Crippen LogP contribution >= 0.6 is 0 Å². The van der Waals surface area contributed by atoms with Gasteiger partial charge < -0.3 is 9.47 Å². The van der Waals surface area contributed by atoms with Gasteiger partial charge in [-0.3, -0.25) is 0 Å². The van der Waals surface area contributed by atoms with Gasteiger partial charge in [-0.15, -0.1) is 0 Å². The molecule has 2 aliphatic rings. The van der Waals surface area contributed by atoms with Crippen LogP contribution in [-0.2, 0) is 9.47 Å². The fourth-order valence-electron chi connectivity index (χ4n) is 3.46. The van der Waals surface area contributed by atoms with Crippen LogP contribution in [0.5, 0.6) is 0 Å². The highest BCUT2D eigenvalue weighted by Gasteiger charge is 2.32. The molecule has 2 fully saturated rings. The smallest absolute Gasteiger partial charge is 0.352 e. The summed E-state index contributed by atoms with van der Waals surface area (Å²) in [7, 11) is 0. The molecular weight excluding hydrogens is 281 g/mol. The topological polar surface area (TPSA) is 18.5 Å². The third-order valence-electron chi connectivity index (χ3n) is 4.92. The van der Waals surface area contributed by atoms with Crippen molar-refractivity contribution in [3.8, 4) is 0 Å². The molecule has 0 spiro atoms. The summed E-state index contributed by atoms with van der Waals surface area (Å²) in [5.41, 5.74) is 0. The van der Waals surface area contributed by atoms with Crippen molar-refractivity contribution in [1.29, 1.82) is 0 Å². The normalized spacial score (nSPS) is 34.9. The molecule has 0 radical (unpaired) electrons. The number of hydrogen-bond donors (Lipinski definition) is 0. The Morgan fingerprint density at radius 1 is 0.952 bits per heavy atom. The maximum atomic E-state index is 12.1. The van der Waals surface area contributed by atoms with Gasteiger partial charge in [0.1, 0.15) is 0 Å². The van der Waals surface area contributed by atoms with E-state index in [2.05, 4.69) is 6.92 Å². The van der Waals surface area contributed by atoms with Crippen LogP contribution in [-0.4, -0.2) is 25.7 Å². The van der Waals surface area contributed by atoms with E-state index in [0.717, 1.165) is 18.8 Å². The van der Waals surface area contributed by atoms with Gasteiger partial charge in [-0.25, -0.2) is 0 Å². The minimum atomic E-state index is -4.04. The van der Waals surface area contributed by atoms with E-state index in [0.29, 0.717) is 25.6 Å². The fourth-order valence-corrected chi connectivity index (χ4v) is 3.46. The Balaban J connectivity index is 1.62.